The zero-order valence-corrected chi connectivity index (χ0v) is 9.61. The van der Waals surface area contributed by atoms with E-state index in [1.54, 1.807) is 20.9 Å². The van der Waals surface area contributed by atoms with Crippen LogP contribution in [0.3, 0.4) is 0 Å². The molecule has 1 heterocycles. The summed E-state index contributed by atoms with van der Waals surface area (Å²) >= 11 is 0. The lowest BCUT2D eigenvalue weighted by Crippen LogP contribution is -2.36. The zero-order valence-electron chi connectivity index (χ0n) is 9.61. The van der Waals surface area contributed by atoms with Crippen molar-refractivity contribution in [2.24, 2.45) is 5.92 Å². The molecule has 1 aliphatic rings. The predicted octanol–water partition coefficient (Wildman–Crippen LogP) is 1.32. The Bertz CT molecular complexity index is 307. The van der Waals surface area contributed by atoms with E-state index in [9.17, 15) is 9.59 Å². The molecule has 1 aliphatic heterocycles. The van der Waals surface area contributed by atoms with Crippen LogP contribution in [0.4, 0.5) is 0 Å². The third-order valence-corrected chi connectivity index (χ3v) is 2.43. The van der Waals surface area contributed by atoms with Crippen LogP contribution in [0.5, 0.6) is 0 Å². The van der Waals surface area contributed by atoms with E-state index in [-0.39, 0.29) is 17.8 Å². The van der Waals surface area contributed by atoms with Crippen LogP contribution in [0.1, 0.15) is 27.2 Å². The minimum Gasteiger partial charge on any atom is -0.437 e. The van der Waals surface area contributed by atoms with Gasteiger partial charge >= 0.3 is 5.97 Å². The van der Waals surface area contributed by atoms with Crippen molar-refractivity contribution in [2.75, 3.05) is 7.05 Å². The Morgan fingerprint density at radius 1 is 1.60 bits per heavy atom. The third-order valence-electron chi connectivity index (χ3n) is 2.43. The topological polar surface area (TPSA) is 46.6 Å². The van der Waals surface area contributed by atoms with Crippen molar-refractivity contribution in [2.45, 2.75) is 33.4 Å². The molecule has 1 unspecified atom stereocenters. The van der Waals surface area contributed by atoms with E-state index in [1.165, 1.54) is 11.0 Å². The smallest absolute Gasteiger partial charge is 0.310 e. The van der Waals surface area contributed by atoms with Gasteiger partial charge in [0.15, 0.2) is 0 Å². The van der Waals surface area contributed by atoms with E-state index >= 15 is 0 Å². The first-order valence-electron chi connectivity index (χ1n) is 5.15. The van der Waals surface area contributed by atoms with Gasteiger partial charge in [-0.25, -0.2) is 0 Å². The monoisotopic (exact) mass is 211 g/mol. The van der Waals surface area contributed by atoms with Crippen molar-refractivity contribution in [3.63, 3.8) is 0 Å². The lowest BCUT2D eigenvalue weighted by atomic mass is 10.2. The number of carbonyl (C=O) groups is 2. The van der Waals surface area contributed by atoms with Crippen LogP contribution in [0.25, 0.3) is 0 Å². The van der Waals surface area contributed by atoms with Gasteiger partial charge in [-0.05, 0) is 12.0 Å². The molecule has 0 spiro atoms. The third kappa shape index (κ3) is 2.37. The molecule has 0 bridgehead atoms. The van der Waals surface area contributed by atoms with Crippen molar-refractivity contribution in [1.82, 2.24) is 4.90 Å². The first-order valence-corrected chi connectivity index (χ1v) is 5.15. The summed E-state index contributed by atoms with van der Waals surface area (Å²) in [5, 5.41) is 0. The van der Waals surface area contributed by atoms with Crippen molar-refractivity contribution < 1.29 is 14.3 Å². The fourth-order valence-corrected chi connectivity index (χ4v) is 1.37. The highest BCUT2D eigenvalue weighted by atomic mass is 16.6. The molecular weight excluding hydrogens is 194 g/mol. The van der Waals surface area contributed by atoms with Crippen LogP contribution in [0.2, 0.25) is 0 Å². The number of hydrogen-bond acceptors (Lipinski definition) is 3. The standard InChI is InChI=1S/C11H17NO3/c1-5-8-6-9(13)12(4)10(8)15-11(14)7(2)3/h6-7,10H,5H2,1-4H3. The Kier molecular flexibility index (Phi) is 3.50. The van der Waals surface area contributed by atoms with Crippen LogP contribution in [-0.2, 0) is 14.3 Å². The molecule has 1 rings (SSSR count). The lowest BCUT2D eigenvalue weighted by Gasteiger charge is -2.23. The first kappa shape index (κ1) is 11.8. The van der Waals surface area contributed by atoms with Gasteiger partial charge < -0.3 is 9.64 Å². The molecule has 0 N–H and O–H groups in total. The summed E-state index contributed by atoms with van der Waals surface area (Å²) in [5.41, 5.74) is 0.858. The van der Waals surface area contributed by atoms with E-state index in [4.69, 9.17) is 4.74 Å². The molecule has 0 aliphatic carbocycles. The highest BCUT2D eigenvalue weighted by molar-refractivity contribution is 5.91. The number of esters is 1. The van der Waals surface area contributed by atoms with Crippen LogP contribution in [0.15, 0.2) is 11.6 Å². The minimum absolute atomic E-state index is 0.103. The quantitative estimate of drug-likeness (QED) is 0.661. The second kappa shape index (κ2) is 4.47. The molecule has 0 fully saturated rings. The molecule has 0 aromatic heterocycles. The molecule has 15 heavy (non-hydrogen) atoms. The van der Waals surface area contributed by atoms with E-state index in [0.717, 1.165) is 5.57 Å². The molecule has 1 atom stereocenters. The number of amides is 1. The van der Waals surface area contributed by atoms with E-state index < -0.39 is 6.23 Å². The average molecular weight is 211 g/mol. The summed E-state index contributed by atoms with van der Waals surface area (Å²) < 4.78 is 5.26. The van der Waals surface area contributed by atoms with Crippen LogP contribution in [0, 0.1) is 5.92 Å². The molecule has 0 saturated heterocycles. The van der Waals surface area contributed by atoms with Gasteiger partial charge in [-0.2, -0.15) is 0 Å². The Morgan fingerprint density at radius 2 is 2.20 bits per heavy atom. The van der Waals surface area contributed by atoms with Crippen LogP contribution in [-0.4, -0.2) is 30.1 Å². The first-order chi connectivity index (χ1) is 6.97. The van der Waals surface area contributed by atoms with Gasteiger partial charge in [-0.15, -0.1) is 0 Å². The second-order valence-electron chi connectivity index (χ2n) is 3.97. The van der Waals surface area contributed by atoms with E-state index in [1.807, 2.05) is 6.92 Å². The molecule has 1 amide bonds. The summed E-state index contributed by atoms with van der Waals surface area (Å²) in [4.78, 5) is 24.2. The lowest BCUT2D eigenvalue weighted by molar-refractivity contribution is -0.159. The second-order valence-corrected chi connectivity index (χ2v) is 3.97. The largest absolute Gasteiger partial charge is 0.437 e. The Hall–Kier alpha value is -1.32. The number of nitrogens with zero attached hydrogens (tertiary/aromatic N) is 1. The zero-order chi connectivity index (χ0) is 11.6. The molecule has 0 aromatic carbocycles. The molecule has 4 nitrogen and oxygen atoms in total. The maximum Gasteiger partial charge on any atom is 0.310 e. The predicted molar refractivity (Wildman–Crippen MR) is 55.9 cm³/mol. The maximum atomic E-state index is 11.4. The SMILES string of the molecule is CCC1=CC(=O)N(C)C1OC(=O)C(C)C. The van der Waals surface area contributed by atoms with Crippen molar-refractivity contribution in [3.05, 3.63) is 11.6 Å². The summed E-state index contributed by atoms with van der Waals surface area (Å²) in [7, 11) is 1.64. The average Bonchev–Trinajstić information content (AvgIpc) is 2.45. The summed E-state index contributed by atoms with van der Waals surface area (Å²) in [6.45, 7) is 5.48. The molecule has 0 radical (unpaired) electrons. The number of ether oxygens (including phenoxy) is 1. The molecule has 0 saturated carbocycles. The van der Waals surface area contributed by atoms with Gasteiger partial charge in [0.05, 0.1) is 5.92 Å². The van der Waals surface area contributed by atoms with Gasteiger partial charge in [0.1, 0.15) is 0 Å². The fourth-order valence-electron chi connectivity index (χ4n) is 1.37. The Labute approximate surface area is 89.9 Å². The molecule has 0 aromatic rings. The summed E-state index contributed by atoms with van der Waals surface area (Å²) in [6.07, 6.45) is 1.75. The number of likely N-dealkylation sites (N-methyl/N-ethyl adjacent to an activating group) is 1. The van der Waals surface area contributed by atoms with Crippen molar-refractivity contribution in [1.29, 1.82) is 0 Å². The highest BCUT2D eigenvalue weighted by Crippen LogP contribution is 2.22. The number of rotatable bonds is 3. The van der Waals surface area contributed by atoms with Crippen LogP contribution >= 0.6 is 0 Å². The van der Waals surface area contributed by atoms with Gasteiger partial charge in [-0.3, -0.25) is 9.59 Å². The van der Waals surface area contributed by atoms with E-state index in [2.05, 4.69) is 0 Å². The fraction of sp³-hybridized carbons (Fsp3) is 0.636. The van der Waals surface area contributed by atoms with Crippen molar-refractivity contribution in [3.8, 4) is 0 Å². The molecular formula is C11H17NO3. The maximum absolute atomic E-state index is 11.4. The summed E-state index contributed by atoms with van der Waals surface area (Å²) in [6, 6.07) is 0. The molecule has 84 valence electrons. The molecule has 4 heteroatoms. The summed E-state index contributed by atoms with van der Waals surface area (Å²) in [5.74, 6) is -0.554. The van der Waals surface area contributed by atoms with Gasteiger partial charge in [0, 0.05) is 13.1 Å². The van der Waals surface area contributed by atoms with E-state index in [0.29, 0.717) is 6.42 Å². The van der Waals surface area contributed by atoms with Crippen LogP contribution < -0.4 is 0 Å². The highest BCUT2D eigenvalue weighted by Gasteiger charge is 2.32. The Balaban J connectivity index is 2.73. The van der Waals surface area contributed by atoms with Crippen molar-refractivity contribution >= 4 is 11.9 Å². The number of hydrogen-bond donors (Lipinski definition) is 0. The van der Waals surface area contributed by atoms with Gasteiger partial charge in [0.25, 0.3) is 0 Å². The normalized spacial score (nSPS) is 20.9. The minimum atomic E-state index is -0.502. The van der Waals surface area contributed by atoms with Gasteiger partial charge in [0.2, 0.25) is 12.1 Å². The van der Waals surface area contributed by atoms with Gasteiger partial charge in [-0.1, -0.05) is 20.8 Å². The Morgan fingerprint density at radius 3 is 2.67 bits per heavy atom. The number of carbonyl (C=O) groups excluding carboxylic acids is 2.